The normalized spacial score (nSPS) is 11.7. The molecule has 29 heavy (non-hydrogen) atoms. The summed E-state index contributed by atoms with van der Waals surface area (Å²) in [5.74, 6) is -0.814. The van der Waals surface area contributed by atoms with Crippen LogP contribution in [0.1, 0.15) is 34.6 Å². The lowest BCUT2D eigenvalue weighted by atomic mass is 10.1. The molecular formula is C21H18Cl2N2O4. The van der Waals surface area contributed by atoms with E-state index in [1.807, 2.05) is 18.2 Å². The molecule has 1 unspecified atom stereocenters. The SMILES string of the molecule is Cc1onc(-c2ccccc2)c1C(=O)OCC(=O)NC(C)c1ccc(Cl)c(Cl)c1. The van der Waals surface area contributed by atoms with Gasteiger partial charge in [0, 0.05) is 5.56 Å². The van der Waals surface area contributed by atoms with E-state index in [0.29, 0.717) is 27.1 Å². The molecule has 0 spiro atoms. The molecule has 150 valence electrons. The molecule has 2 aromatic carbocycles. The number of rotatable bonds is 6. The number of ether oxygens (including phenoxy) is 1. The summed E-state index contributed by atoms with van der Waals surface area (Å²) in [5.41, 5.74) is 2.06. The third-order valence-corrected chi connectivity index (χ3v) is 5.01. The fourth-order valence-electron chi connectivity index (χ4n) is 2.76. The summed E-state index contributed by atoms with van der Waals surface area (Å²) in [4.78, 5) is 24.7. The van der Waals surface area contributed by atoms with Crippen molar-refractivity contribution >= 4 is 35.1 Å². The Morgan fingerprint density at radius 2 is 1.86 bits per heavy atom. The van der Waals surface area contributed by atoms with Crippen molar-refractivity contribution in [3.63, 3.8) is 0 Å². The van der Waals surface area contributed by atoms with E-state index in [0.717, 1.165) is 5.56 Å². The molecule has 1 amide bonds. The Labute approximate surface area is 177 Å². The van der Waals surface area contributed by atoms with Gasteiger partial charge in [0.05, 0.1) is 16.1 Å². The molecule has 0 aliphatic carbocycles. The largest absolute Gasteiger partial charge is 0.452 e. The number of benzene rings is 2. The van der Waals surface area contributed by atoms with Gasteiger partial charge < -0.3 is 14.6 Å². The molecule has 3 rings (SSSR count). The Bertz CT molecular complexity index is 1030. The van der Waals surface area contributed by atoms with Crippen LogP contribution < -0.4 is 5.32 Å². The summed E-state index contributed by atoms with van der Waals surface area (Å²) in [7, 11) is 0. The maximum Gasteiger partial charge on any atom is 0.344 e. The second-order valence-corrected chi connectivity index (χ2v) is 7.18. The Morgan fingerprint density at radius 1 is 1.14 bits per heavy atom. The van der Waals surface area contributed by atoms with E-state index in [-0.39, 0.29) is 11.6 Å². The predicted octanol–water partition coefficient (Wildman–Crippen LogP) is 4.99. The van der Waals surface area contributed by atoms with Crippen LogP contribution >= 0.6 is 23.2 Å². The number of aryl methyl sites for hydroxylation is 1. The molecule has 1 heterocycles. The second kappa shape index (κ2) is 9.11. The highest BCUT2D eigenvalue weighted by Crippen LogP contribution is 2.26. The van der Waals surface area contributed by atoms with Gasteiger partial charge in [0.1, 0.15) is 17.0 Å². The van der Waals surface area contributed by atoms with Crippen LogP contribution in [-0.4, -0.2) is 23.6 Å². The first-order chi connectivity index (χ1) is 13.9. The van der Waals surface area contributed by atoms with Crippen molar-refractivity contribution in [1.29, 1.82) is 0 Å². The topological polar surface area (TPSA) is 81.4 Å². The Balaban J connectivity index is 1.63. The molecule has 1 atom stereocenters. The summed E-state index contributed by atoms with van der Waals surface area (Å²) >= 11 is 11.9. The van der Waals surface area contributed by atoms with Gasteiger partial charge in [-0.3, -0.25) is 4.79 Å². The smallest absolute Gasteiger partial charge is 0.344 e. The zero-order valence-corrected chi connectivity index (χ0v) is 17.3. The molecular weight excluding hydrogens is 415 g/mol. The highest BCUT2D eigenvalue weighted by atomic mass is 35.5. The molecule has 3 aromatic rings. The minimum atomic E-state index is -0.681. The number of hydrogen-bond acceptors (Lipinski definition) is 5. The first-order valence-electron chi connectivity index (χ1n) is 8.80. The molecule has 8 heteroatoms. The number of esters is 1. The minimum Gasteiger partial charge on any atom is -0.452 e. The number of carbonyl (C=O) groups excluding carboxylic acids is 2. The zero-order valence-electron chi connectivity index (χ0n) is 15.7. The number of amides is 1. The van der Waals surface area contributed by atoms with Gasteiger partial charge in [-0.15, -0.1) is 0 Å². The summed E-state index contributed by atoms with van der Waals surface area (Å²) in [6.07, 6.45) is 0. The minimum absolute atomic E-state index is 0.196. The van der Waals surface area contributed by atoms with Gasteiger partial charge in [-0.1, -0.05) is 64.8 Å². The summed E-state index contributed by atoms with van der Waals surface area (Å²) < 4.78 is 10.3. The van der Waals surface area contributed by atoms with E-state index in [1.54, 1.807) is 44.2 Å². The lowest BCUT2D eigenvalue weighted by Crippen LogP contribution is -2.31. The van der Waals surface area contributed by atoms with Gasteiger partial charge in [0.25, 0.3) is 5.91 Å². The molecule has 0 fully saturated rings. The molecule has 1 N–H and O–H groups in total. The Hall–Kier alpha value is -2.83. The number of nitrogens with one attached hydrogen (secondary N) is 1. The predicted molar refractivity (Wildman–Crippen MR) is 110 cm³/mol. The highest BCUT2D eigenvalue weighted by molar-refractivity contribution is 6.42. The fourth-order valence-corrected chi connectivity index (χ4v) is 3.06. The van der Waals surface area contributed by atoms with E-state index in [1.165, 1.54) is 0 Å². The van der Waals surface area contributed by atoms with Crippen molar-refractivity contribution in [2.75, 3.05) is 6.61 Å². The van der Waals surface area contributed by atoms with Crippen LogP contribution in [0.4, 0.5) is 0 Å². The van der Waals surface area contributed by atoms with Gasteiger partial charge in [-0.05, 0) is 31.5 Å². The zero-order chi connectivity index (χ0) is 21.0. The lowest BCUT2D eigenvalue weighted by molar-refractivity contribution is -0.124. The third kappa shape index (κ3) is 4.96. The third-order valence-electron chi connectivity index (χ3n) is 4.27. The van der Waals surface area contributed by atoms with Gasteiger partial charge in [0.15, 0.2) is 6.61 Å². The van der Waals surface area contributed by atoms with Crippen LogP contribution in [0.2, 0.25) is 10.0 Å². The van der Waals surface area contributed by atoms with E-state index in [9.17, 15) is 9.59 Å². The van der Waals surface area contributed by atoms with E-state index in [4.69, 9.17) is 32.5 Å². The van der Waals surface area contributed by atoms with Crippen molar-refractivity contribution in [2.45, 2.75) is 19.9 Å². The average molecular weight is 433 g/mol. The Kier molecular flexibility index (Phi) is 6.56. The number of hydrogen-bond donors (Lipinski definition) is 1. The quantitative estimate of drug-likeness (QED) is 0.554. The van der Waals surface area contributed by atoms with Gasteiger partial charge >= 0.3 is 5.97 Å². The lowest BCUT2D eigenvalue weighted by Gasteiger charge is -2.15. The summed E-state index contributed by atoms with van der Waals surface area (Å²) in [5, 5.41) is 7.51. The van der Waals surface area contributed by atoms with Crippen molar-refractivity contribution in [3.05, 3.63) is 75.5 Å². The van der Waals surface area contributed by atoms with E-state index < -0.39 is 18.5 Å². The standard InChI is InChI=1S/C21H18Cl2N2O4/c1-12(15-8-9-16(22)17(23)10-15)24-18(26)11-28-21(27)19-13(2)29-25-20(19)14-6-4-3-5-7-14/h3-10,12H,11H2,1-2H3,(H,24,26). The van der Waals surface area contributed by atoms with Crippen molar-refractivity contribution in [2.24, 2.45) is 0 Å². The van der Waals surface area contributed by atoms with Gasteiger partial charge in [-0.25, -0.2) is 4.79 Å². The van der Waals surface area contributed by atoms with E-state index >= 15 is 0 Å². The monoisotopic (exact) mass is 432 g/mol. The fraction of sp³-hybridized carbons (Fsp3) is 0.190. The van der Waals surface area contributed by atoms with Gasteiger partial charge in [-0.2, -0.15) is 0 Å². The second-order valence-electron chi connectivity index (χ2n) is 6.37. The summed E-state index contributed by atoms with van der Waals surface area (Å²) in [6, 6.07) is 13.9. The molecule has 0 bridgehead atoms. The molecule has 0 saturated carbocycles. The number of nitrogens with zero attached hydrogens (tertiary/aromatic N) is 1. The van der Waals surface area contributed by atoms with Crippen molar-refractivity contribution < 1.29 is 18.8 Å². The van der Waals surface area contributed by atoms with Crippen LogP contribution in [0.5, 0.6) is 0 Å². The molecule has 0 radical (unpaired) electrons. The van der Waals surface area contributed by atoms with Crippen LogP contribution in [-0.2, 0) is 9.53 Å². The first kappa shape index (κ1) is 20.9. The molecule has 1 aromatic heterocycles. The molecule has 0 aliphatic heterocycles. The van der Waals surface area contributed by atoms with E-state index in [2.05, 4.69) is 10.5 Å². The van der Waals surface area contributed by atoms with Crippen LogP contribution in [0.25, 0.3) is 11.3 Å². The molecule has 6 nitrogen and oxygen atoms in total. The Morgan fingerprint density at radius 3 is 2.55 bits per heavy atom. The summed E-state index contributed by atoms with van der Waals surface area (Å²) in [6.45, 7) is 2.96. The van der Waals surface area contributed by atoms with Crippen molar-refractivity contribution in [3.8, 4) is 11.3 Å². The highest BCUT2D eigenvalue weighted by Gasteiger charge is 2.24. The number of aromatic nitrogens is 1. The van der Waals surface area contributed by atoms with Crippen molar-refractivity contribution in [1.82, 2.24) is 10.5 Å². The first-order valence-corrected chi connectivity index (χ1v) is 9.55. The number of carbonyl (C=O) groups is 2. The number of halogens is 2. The average Bonchev–Trinajstić information content (AvgIpc) is 3.10. The molecule has 0 saturated heterocycles. The van der Waals surface area contributed by atoms with Gasteiger partial charge in [0.2, 0.25) is 0 Å². The maximum absolute atomic E-state index is 12.5. The van der Waals surface area contributed by atoms with Crippen LogP contribution in [0.3, 0.4) is 0 Å². The maximum atomic E-state index is 12.5. The van der Waals surface area contributed by atoms with Crippen LogP contribution in [0, 0.1) is 6.92 Å². The molecule has 0 aliphatic rings. The van der Waals surface area contributed by atoms with Crippen LogP contribution in [0.15, 0.2) is 53.1 Å².